The van der Waals surface area contributed by atoms with Crippen molar-refractivity contribution in [2.24, 2.45) is 0 Å². The van der Waals surface area contributed by atoms with Gasteiger partial charge in [-0.05, 0) is 30.3 Å². The molecular formula is C14H12Cl2N2O3S. The highest BCUT2D eigenvalue weighted by atomic mass is 35.5. The average molecular weight is 359 g/mol. The van der Waals surface area contributed by atoms with Crippen LogP contribution in [0.1, 0.15) is 6.92 Å². The summed E-state index contributed by atoms with van der Waals surface area (Å²) in [5.74, 6) is -0.304. The zero-order chi connectivity index (χ0) is 16.3. The van der Waals surface area contributed by atoms with Crippen LogP contribution in [0, 0.1) is 0 Å². The Morgan fingerprint density at radius 2 is 1.64 bits per heavy atom. The van der Waals surface area contributed by atoms with Gasteiger partial charge in [-0.2, -0.15) is 0 Å². The van der Waals surface area contributed by atoms with E-state index in [1.165, 1.54) is 25.1 Å². The second-order valence-corrected chi connectivity index (χ2v) is 6.90. The Morgan fingerprint density at radius 3 is 2.23 bits per heavy atom. The fourth-order valence-corrected chi connectivity index (χ4v) is 3.19. The van der Waals surface area contributed by atoms with Crippen molar-refractivity contribution in [3.8, 4) is 0 Å². The number of para-hydroxylation sites is 2. The van der Waals surface area contributed by atoms with E-state index in [2.05, 4.69) is 10.0 Å². The number of carbonyl (C=O) groups is 1. The summed E-state index contributed by atoms with van der Waals surface area (Å²) in [4.78, 5) is 11.1. The van der Waals surface area contributed by atoms with Gasteiger partial charge in [0.05, 0.1) is 26.3 Å². The largest absolute Gasteiger partial charge is 0.325 e. The highest BCUT2D eigenvalue weighted by Crippen LogP contribution is 2.28. The fraction of sp³-hybridized carbons (Fsp3) is 0.0714. The molecule has 0 spiro atoms. The molecular weight excluding hydrogens is 347 g/mol. The van der Waals surface area contributed by atoms with Gasteiger partial charge < -0.3 is 5.32 Å². The Balaban J connectivity index is 2.36. The molecule has 2 aromatic carbocycles. The van der Waals surface area contributed by atoms with Crippen molar-refractivity contribution < 1.29 is 13.2 Å². The Kier molecular flexibility index (Phi) is 4.95. The molecule has 0 unspecified atom stereocenters. The maximum absolute atomic E-state index is 12.4. The maximum Gasteiger partial charge on any atom is 0.262 e. The molecule has 0 atom stereocenters. The van der Waals surface area contributed by atoms with Crippen LogP contribution in [-0.4, -0.2) is 14.3 Å². The third-order valence-corrected chi connectivity index (χ3v) is 4.79. The number of rotatable bonds is 4. The Morgan fingerprint density at radius 1 is 1.00 bits per heavy atom. The summed E-state index contributed by atoms with van der Waals surface area (Å²) in [6.45, 7) is 1.34. The number of anilines is 2. The van der Waals surface area contributed by atoms with E-state index >= 15 is 0 Å². The number of sulfonamides is 1. The summed E-state index contributed by atoms with van der Waals surface area (Å²) < 4.78 is 27.2. The van der Waals surface area contributed by atoms with Crippen molar-refractivity contribution in [2.45, 2.75) is 11.8 Å². The van der Waals surface area contributed by atoms with Gasteiger partial charge in [-0.25, -0.2) is 8.42 Å². The first-order chi connectivity index (χ1) is 10.3. The second-order valence-electron chi connectivity index (χ2n) is 4.41. The van der Waals surface area contributed by atoms with E-state index in [1.54, 1.807) is 24.3 Å². The first-order valence-electron chi connectivity index (χ1n) is 6.14. The molecule has 22 heavy (non-hydrogen) atoms. The van der Waals surface area contributed by atoms with Crippen LogP contribution >= 0.6 is 23.2 Å². The van der Waals surface area contributed by atoms with Crippen LogP contribution in [0.5, 0.6) is 0 Å². The van der Waals surface area contributed by atoms with Crippen molar-refractivity contribution in [3.63, 3.8) is 0 Å². The average Bonchev–Trinajstić information content (AvgIpc) is 2.43. The molecule has 0 saturated heterocycles. The third kappa shape index (κ3) is 3.91. The van der Waals surface area contributed by atoms with E-state index in [1.807, 2.05) is 0 Å². The van der Waals surface area contributed by atoms with Crippen molar-refractivity contribution in [3.05, 3.63) is 52.5 Å². The predicted molar refractivity (Wildman–Crippen MR) is 88.0 cm³/mol. The lowest BCUT2D eigenvalue weighted by molar-refractivity contribution is -0.114. The zero-order valence-corrected chi connectivity index (χ0v) is 13.8. The van der Waals surface area contributed by atoms with Gasteiger partial charge in [0, 0.05) is 6.92 Å². The number of hydrogen-bond acceptors (Lipinski definition) is 3. The summed E-state index contributed by atoms with van der Waals surface area (Å²) in [5.41, 5.74) is 0.613. The first-order valence-corrected chi connectivity index (χ1v) is 8.38. The van der Waals surface area contributed by atoms with Crippen LogP contribution in [-0.2, 0) is 14.8 Å². The van der Waals surface area contributed by atoms with Gasteiger partial charge in [-0.1, -0.05) is 35.3 Å². The molecule has 2 aromatic rings. The highest BCUT2D eigenvalue weighted by Gasteiger charge is 2.17. The van der Waals surface area contributed by atoms with Gasteiger partial charge in [0.1, 0.15) is 0 Å². The van der Waals surface area contributed by atoms with Crippen LogP contribution in [0.4, 0.5) is 11.4 Å². The topological polar surface area (TPSA) is 75.3 Å². The summed E-state index contributed by atoms with van der Waals surface area (Å²) in [7, 11) is -3.86. The van der Waals surface area contributed by atoms with Gasteiger partial charge in [0.2, 0.25) is 5.91 Å². The SMILES string of the molecule is CC(=O)Nc1ccccc1NS(=O)(=O)c1ccc(Cl)c(Cl)c1. The number of carbonyl (C=O) groups excluding carboxylic acids is 1. The molecule has 0 bridgehead atoms. The molecule has 0 aromatic heterocycles. The molecule has 2 rings (SSSR count). The maximum atomic E-state index is 12.4. The molecule has 116 valence electrons. The van der Waals surface area contributed by atoms with Crippen LogP contribution in [0.15, 0.2) is 47.4 Å². The number of hydrogen-bond donors (Lipinski definition) is 2. The van der Waals surface area contributed by atoms with Crippen molar-refractivity contribution in [1.82, 2.24) is 0 Å². The van der Waals surface area contributed by atoms with Gasteiger partial charge in [-0.3, -0.25) is 9.52 Å². The van der Waals surface area contributed by atoms with E-state index < -0.39 is 10.0 Å². The normalized spacial score (nSPS) is 11.0. The molecule has 8 heteroatoms. The van der Waals surface area contributed by atoms with Crippen molar-refractivity contribution in [1.29, 1.82) is 0 Å². The smallest absolute Gasteiger partial charge is 0.262 e. The van der Waals surface area contributed by atoms with Gasteiger partial charge >= 0.3 is 0 Å². The van der Waals surface area contributed by atoms with Gasteiger partial charge in [0.25, 0.3) is 10.0 Å². The molecule has 0 aliphatic rings. The molecule has 2 N–H and O–H groups in total. The number of benzene rings is 2. The highest BCUT2D eigenvalue weighted by molar-refractivity contribution is 7.92. The molecule has 1 amide bonds. The minimum absolute atomic E-state index is 0.0282. The molecule has 0 heterocycles. The summed E-state index contributed by atoms with van der Waals surface area (Å²) >= 11 is 11.6. The molecule has 0 aliphatic carbocycles. The monoisotopic (exact) mass is 358 g/mol. The fourth-order valence-electron chi connectivity index (χ4n) is 1.72. The van der Waals surface area contributed by atoms with Crippen molar-refractivity contribution in [2.75, 3.05) is 10.0 Å². The third-order valence-electron chi connectivity index (χ3n) is 2.68. The number of nitrogens with one attached hydrogen (secondary N) is 2. The lowest BCUT2D eigenvalue weighted by atomic mass is 10.3. The summed E-state index contributed by atoms with van der Waals surface area (Å²) in [5, 5.41) is 2.96. The number of halogens is 2. The minimum Gasteiger partial charge on any atom is -0.325 e. The molecule has 0 saturated carbocycles. The molecule has 5 nitrogen and oxygen atoms in total. The van der Waals surface area contributed by atoms with Gasteiger partial charge in [-0.15, -0.1) is 0 Å². The Bertz CT molecular complexity index is 823. The Hall–Kier alpha value is -1.76. The standard InChI is InChI=1S/C14H12Cl2N2O3S/c1-9(19)17-13-4-2-3-5-14(13)18-22(20,21)10-6-7-11(15)12(16)8-10/h2-8,18H,1H3,(H,17,19). The lowest BCUT2D eigenvalue weighted by Crippen LogP contribution is -2.15. The van der Waals surface area contributed by atoms with Crippen LogP contribution in [0.3, 0.4) is 0 Å². The number of amides is 1. The van der Waals surface area contributed by atoms with E-state index in [9.17, 15) is 13.2 Å². The van der Waals surface area contributed by atoms with E-state index in [0.717, 1.165) is 0 Å². The van der Waals surface area contributed by atoms with E-state index in [4.69, 9.17) is 23.2 Å². The van der Waals surface area contributed by atoms with Crippen molar-refractivity contribution >= 4 is 50.5 Å². The quantitative estimate of drug-likeness (QED) is 0.873. The van der Waals surface area contributed by atoms with E-state index in [0.29, 0.717) is 5.69 Å². The summed E-state index contributed by atoms with van der Waals surface area (Å²) in [6.07, 6.45) is 0. The summed E-state index contributed by atoms with van der Waals surface area (Å²) in [6, 6.07) is 10.5. The second kappa shape index (κ2) is 6.56. The van der Waals surface area contributed by atoms with Crippen LogP contribution in [0.25, 0.3) is 0 Å². The Labute approximate surface area is 138 Å². The van der Waals surface area contributed by atoms with Gasteiger partial charge in [0.15, 0.2) is 0 Å². The lowest BCUT2D eigenvalue weighted by Gasteiger charge is -2.13. The first kappa shape index (κ1) is 16.6. The van der Waals surface area contributed by atoms with E-state index in [-0.39, 0.29) is 26.5 Å². The minimum atomic E-state index is -3.86. The predicted octanol–water partition coefficient (Wildman–Crippen LogP) is 3.75. The zero-order valence-electron chi connectivity index (χ0n) is 11.4. The van der Waals surface area contributed by atoms with Crippen LogP contribution in [0.2, 0.25) is 10.0 Å². The molecule has 0 aliphatic heterocycles. The molecule has 0 radical (unpaired) electrons. The van der Waals surface area contributed by atoms with Crippen LogP contribution < -0.4 is 10.0 Å². The molecule has 0 fully saturated rings.